The zero-order chi connectivity index (χ0) is 16.8. The van der Waals surface area contributed by atoms with Crippen molar-refractivity contribution >= 4 is 11.6 Å². The van der Waals surface area contributed by atoms with Gasteiger partial charge in [-0.05, 0) is 49.2 Å². The van der Waals surface area contributed by atoms with Gasteiger partial charge >= 0.3 is 0 Å². The van der Waals surface area contributed by atoms with E-state index in [0.717, 1.165) is 18.6 Å². The summed E-state index contributed by atoms with van der Waals surface area (Å²) in [6.45, 7) is 0. The lowest BCUT2D eigenvalue weighted by atomic mass is 10.2. The Morgan fingerprint density at radius 3 is 2.38 bits per heavy atom. The highest BCUT2D eigenvalue weighted by atomic mass is 16.5. The van der Waals surface area contributed by atoms with Crippen molar-refractivity contribution in [2.24, 2.45) is 0 Å². The number of ether oxygens (including phenoxy) is 1. The summed E-state index contributed by atoms with van der Waals surface area (Å²) < 4.78 is 5.69. The Labute approximate surface area is 140 Å². The fourth-order valence-corrected chi connectivity index (χ4v) is 2.03. The van der Waals surface area contributed by atoms with E-state index in [0.29, 0.717) is 17.5 Å². The maximum Gasteiger partial charge on any atom is 0.267 e. The lowest BCUT2D eigenvalue weighted by Crippen LogP contribution is -2.17. The van der Waals surface area contributed by atoms with Crippen LogP contribution in [0.2, 0.25) is 0 Å². The molecule has 3 rings (SSSR count). The third-order valence-electron chi connectivity index (χ3n) is 3.50. The van der Waals surface area contributed by atoms with Crippen LogP contribution >= 0.6 is 0 Å². The molecular formula is C19H17N3O2. The van der Waals surface area contributed by atoms with Crippen LogP contribution in [0.5, 0.6) is 11.5 Å². The van der Waals surface area contributed by atoms with Crippen molar-refractivity contribution in [1.82, 2.24) is 5.32 Å². The molecule has 0 aliphatic heterocycles. The van der Waals surface area contributed by atoms with Crippen molar-refractivity contribution in [3.63, 3.8) is 0 Å². The van der Waals surface area contributed by atoms with Gasteiger partial charge in [0.1, 0.15) is 23.1 Å². The SMILES string of the molecule is N#C/C(=C/NC1CC1)C(=O)Nc1ccc(Oc2ccccc2)cc1. The van der Waals surface area contributed by atoms with Gasteiger partial charge in [0.05, 0.1) is 0 Å². The summed E-state index contributed by atoms with van der Waals surface area (Å²) in [6, 6.07) is 18.8. The second kappa shape index (κ2) is 7.34. The first-order chi connectivity index (χ1) is 11.7. The molecule has 120 valence electrons. The summed E-state index contributed by atoms with van der Waals surface area (Å²) >= 11 is 0. The van der Waals surface area contributed by atoms with Crippen LogP contribution in [-0.4, -0.2) is 11.9 Å². The van der Waals surface area contributed by atoms with Crippen LogP contribution in [0.3, 0.4) is 0 Å². The van der Waals surface area contributed by atoms with E-state index in [1.165, 1.54) is 6.20 Å². The minimum atomic E-state index is -0.428. The molecule has 0 saturated heterocycles. The normalized spacial score (nSPS) is 13.7. The minimum absolute atomic E-state index is 0.0616. The van der Waals surface area contributed by atoms with Crippen LogP contribution in [0.4, 0.5) is 5.69 Å². The minimum Gasteiger partial charge on any atom is -0.457 e. The Hall–Kier alpha value is -3.26. The molecule has 24 heavy (non-hydrogen) atoms. The van der Waals surface area contributed by atoms with Crippen molar-refractivity contribution < 1.29 is 9.53 Å². The van der Waals surface area contributed by atoms with Gasteiger partial charge in [0.2, 0.25) is 0 Å². The molecule has 2 N–H and O–H groups in total. The van der Waals surface area contributed by atoms with Crippen LogP contribution in [0.25, 0.3) is 0 Å². The Morgan fingerprint density at radius 1 is 1.08 bits per heavy atom. The van der Waals surface area contributed by atoms with E-state index in [4.69, 9.17) is 10.00 Å². The molecule has 0 heterocycles. The summed E-state index contributed by atoms with van der Waals surface area (Å²) in [4.78, 5) is 12.1. The number of rotatable bonds is 6. The van der Waals surface area contributed by atoms with Gasteiger partial charge in [-0.25, -0.2) is 0 Å². The van der Waals surface area contributed by atoms with Gasteiger partial charge in [-0.2, -0.15) is 5.26 Å². The number of carbonyl (C=O) groups excluding carboxylic acids is 1. The standard InChI is InChI=1S/C19H17N3O2/c20-12-14(13-21-15-6-7-15)19(23)22-16-8-10-18(11-9-16)24-17-4-2-1-3-5-17/h1-5,8-11,13,15,21H,6-7H2,(H,22,23)/b14-13-. The average Bonchev–Trinajstić information content (AvgIpc) is 3.42. The zero-order valence-corrected chi connectivity index (χ0v) is 13.0. The maximum absolute atomic E-state index is 12.1. The molecular weight excluding hydrogens is 302 g/mol. The van der Waals surface area contributed by atoms with E-state index >= 15 is 0 Å². The highest BCUT2D eigenvalue weighted by molar-refractivity contribution is 6.06. The highest BCUT2D eigenvalue weighted by Gasteiger charge is 2.20. The third kappa shape index (κ3) is 4.37. The van der Waals surface area contributed by atoms with Crippen LogP contribution in [0.1, 0.15) is 12.8 Å². The molecule has 1 saturated carbocycles. The predicted octanol–water partition coefficient (Wildman–Crippen LogP) is 3.58. The van der Waals surface area contributed by atoms with Crippen molar-refractivity contribution in [1.29, 1.82) is 5.26 Å². The molecule has 2 aromatic carbocycles. The molecule has 0 unspecified atom stereocenters. The lowest BCUT2D eigenvalue weighted by Gasteiger charge is -2.08. The number of nitrogens with one attached hydrogen (secondary N) is 2. The number of hydrogen-bond acceptors (Lipinski definition) is 4. The predicted molar refractivity (Wildman–Crippen MR) is 91.4 cm³/mol. The number of anilines is 1. The maximum atomic E-state index is 12.1. The lowest BCUT2D eigenvalue weighted by molar-refractivity contribution is -0.112. The van der Waals surface area contributed by atoms with Crippen LogP contribution in [0, 0.1) is 11.3 Å². The monoisotopic (exact) mass is 319 g/mol. The Morgan fingerprint density at radius 2 is 1.75 bits per heavy atom. The van der Waals surface area contributed by atoms with E-state index in [9.17, 15) is 4.79 Å². The number of nitrogens with zero attached hydrogens (tertiary/aromatic N) is 1. The second-order valence-electron chi connectivity index (χ2n) is 5.50. The molecule has 2 aromatic rings. The van der Waals surface area contributed by atoms with Gasteiger partial charge in [0.25, 0.3) is 5.91 Å². The third-order valence-corrected chi connectivity index (χ3v) is 3.50. The van der Waals surface area contributed by atoms with Gasteiger partial charge in [-0.1, -0.05) is 18.2 Å². The van der Waals surface area contributed by atoms with E-state index in [1.807, 2.05) is 36.4 Å². The first kappa shape index (κ1) is 15.6. The van der Waals surface area contributed by atoms with Crippen LogP contribution in [0.15, 0.2) is 66.4 Å². The Kier molecular flexibility index (Phi) is 4.78. The number of amides is 1. The number of nitriles is 1. The van der Waals surface area contributed by atoms with Gasteiger partial charge in [0, 0.05) is 17.9 Å². The largest absolute Gasteiger partial charge is 0.457 e. The molecule has 5 nitrogen and oxygen atoms in total. The zero-order valence-electron chi connectivity index (χ0n) is 13.0. The quantitative estimate of drug-likeness (QED) is 0.630. The van der Waals surface area contributed by atoms with Gasteiger partial charge in [0.15, 0.2) is 0 Å². The number of hydrogen-bond donors (Lipinski definition) is 2. The molecule has 0 spiro atoms. The molecule has 0 bridgehead atoms. The molecule has 0 radical (unpaired) electrons. The summed E-state index contributed by atoms with van der Waals surface area (Å²) in [5, 5.41) is 14.8. The molecule has 1 fully saturated rings. The molecule has 1 amide bonds. The van der Waals surface area contributed by atoms with Crippen molar-refractivity contribution in [2.45, 2.75) is 18.9 Å². The second-order valence-corrected chi connectivity index (χ2v) is 5.50. The van der Waals surface area contributed by atoms with Gasteiger partial charge in [-0.15, -0.1) is 0 Å². The summed E-state index contributed by atoms with van der Waals surface area (Å²) in [6.07, 6.45) is 3.65. The smallest absolute Gasteiger partial charge is 0.267 e. The topological polar surface area (TPSA) is 74.2 Å². The van der Waals surface area contributed by atoms with Crippen molar-refractivity contribution in [3.05, 3.63) is 66.4 Å². The van der Waals surface area contributed by atoms with E-state index in [1.54, 1.807) is 24.3 Å². The highest BCUT2D eigenvalue weighted by Crippen LogP contribution is 2.23. The first-order valence-corrected chi connectivity index (χ1v) is 7.75. The molecule has 1 aliphatic rings. The van der Waals surface area contributed by atoms with E-state index < -0.39 is 5.91 Å². The average molecular weight is 319 g/mol. The van der Waals surface area contributed by atoms with Crippen LogP contribution in [-0.2, 0) is 4.79 Å². The Bertz CT molecular complexity index is 773. The molecule has 5 heteroatoms. The first-order valence-electron chi connectivity index (χ1n) is 7.75. The van der Waals surface area contributed by atoms with E-state index in [2.05, 4.69) is 10.6 Å². The number of carbonyl (C=O) groups is 1. The fraction of sp³-hybridized carbons (Fsp3) is 0.158. The van der Waals surface area contributed by atoms with Crippen LogP contribution < -0.4 is 15.4 Å². The van der Waals surface area contributed by atoms with Crippen molar-refractivity contribution in [2.75, 3.05) is 5.32 Å². The molecule has 0 atom stereocenters. The molecule has 1 aliphatic carbocycles. The summed E-state index contributed by atoms with van der Waals surface area (Å²) in [5.41, 5.74) is 0.666. The molecule has 0 aromatic heterocycles. The fourth-order valence-electron chi connectivity index (χ4n) is 2.03. The van der Waals surface area contributed by atoms with Crippen molar-refractivity contribution in [3.8, 4) is 17.6 Å². The van der Waals surface area contributed by atoms with E-state index in [-0.39, 0.29) is 5.57 Å². The van der Waals surface area contributed by atoms with Gasteiger partial charge < -0.3 is 15.4 Å². The number of benzene rings is 2. The summed E-state index contributed by atoms with van der Waals surface area (Å²) in [7, 11) is 0. The number of para-hydroxylation sites is 1. The summed E-state index contributed by atoms with van der Waals surface area (Å²) in [5.74, 6) is 0.989. The Balaban J connectivity index is 1.60. The van der Waals surface area contributed by atoms with Gasteiger partial charge in [-0.3, -0.25) is 4.79 Å².